The summed E-state index contributed by atoms with van der Waals surface area (Å²) in [7, 11) is 1.63. The van der Waals surface area contributed by atoms with Crippen molar-refractivity contribution in [3.63, 3.8) is 0 Å². The minimum atomic E-state index is -0.699. The van der Waals surface area contributed by atoms with E-state index in [0.29, 0.717) is 19.7 Å². The maximum atomic E-state index is 11.2. The molecule has 0 radical (unpaired) electrons. The van der Waals surface area contributed by atoms with Crippen molar-refractivity contribution in [1.29, 1.82) is 0 Å². The van der Waals surface area contributed by atoms with Gasteiger partial charge in [-0.25, -0.2) is 0 Å². The molecule has 1 atom stereocenters. The van der Waals surface area contributed by atoms with Gasteiger partial charge < -0.3 is 14.6 Å². The Morgan fingerprint density at radius 1 is 1.48 bits per heavy atom. The van der Waals surface area contributed by atoms with Gasteiger partial charge in [-0.3, -0.25) is 9.69 Å². The summed E-state index contributed by atoms with van der Waals surface area (Å²) in [4.78, 5) is 13.3. The standard InChI is InChI=1S/C16H23NO4/c1-3-21-15-12(6-4-8-14(15)20-2)10-17-9-5-7-13(11-17)16(18)19/h4,6,8,13H,3,5,7,9-11H2,1-2H3,(H,18,19). The van der Waals surface area contributed by atoms with Crippen molar-refractivity contribution in [1.82, 2.24) is 4.90 Å². The van der Waals surface area contributed by atoms with Crippen molar-refractivity contribution in [2.45, 2.75) is 26.3 Å². The minimum absolute atomic E-state index is 0.264. The van der Waals surface area contributed by atoms with E-state index in [1.54, 1.807) is 7.11 Å². The fourth-order valence-corrected chi connectivity index (χ4v) is 2.80. The van der Waals surface area contributed by atoms with Gasteiger partial charge in [0.2, 0.25) is 0 Å². The van der Waals surface area contributed by atoms with Gasteiger partial charge in [-0.15, -0.1) is 0 Å². The quantitative estimate of drug-likeness (QED) is 0.872. The predicted octanol–water partition coefficient (Wildman–Crippen LogP) is 2.39. The van der Waals surface area contributed by atoms with Crippen LogP contribution in [0.15, 0.2) is 18.2 Å². The number of aliphatic carboxylic acids is 1. The van der Waals surface area contributed by atoms with Crippen molar-refractivity contribution >= 4 is 5.97 Å². The van der Waals surface area contributed by atoms with E-state index in [1.165, 1.54) is 0 Å². The largest absolute Gasteiger partial charge is 0.493 e. The second-order valence-corrected chi connectivity index (χ2v) is 5.29. The number of para-hydroxylation sites is 1. The number of hydrogen-bond acceptors (Lipinski definition) is 4. The molecule has 1 aliphatic rings. The molecule has 1 heterocycles. The second-order valence-electron chi connectivity index (χ2n) is 5.29. The zero-order valence-electron chi connectivity index (χ0n) is 12.7. The van der Waals surface area contributed by atoms with Gasteiger partial charge in [0, 0.05) is 18.7 Å². The van der Waals surface area contributed by atoms with Crippen LogP contribution in [0.25, 0.3) is 0 Å². The smallest absolute Gasteiger partial charge is 0.307 e. The fraction of sp³-hybridized carbons (Fsp3) is 0.562. The van der Waals surface area contributed by atoms with E-state index in [2.05, 4.69) is 4.90 Å². The van der Waals surface area contributed by atoms with Crippen LogP contribution in [0, 0.1) is 5.92 Å². The molecule has 0 amide bonds. The van der Waals surface area contributed by atoms with Gasteiger partial charge in [-0.05, 0) is 32.4 Å². The molecular weight excluding hydrogens is 270 g/mol. The molecule has 0 bridgehead atoms. The summed E-state index contributed by atoms with van der Waals surface area (Å²) < 4.78 is 11.1. The van der Waals surface area contributed by atoms with Crippen molar-refractivity contribution < 1.29 is 19.4 Å². The van der Waals surface area contributed by atoms with E-state index in [9.17, 15) is 9.90 Å². The molecule has 0 aromatic heterocycles. The third-order valence-electron chi connectivity index (χ3n) is 3.82. The number of ether oxygens (including phenoxy) is 2. The first-order chi connectivity index (χ1) is 10.2. The van der Waals surface area contributed by atoms with Gasteiger partial charge in [0.15, 0.2) is 11.5 Å². The van der Waals surface area contributed by atoms with Gasteiger partial charge in [-0.1, -0.05) is 12.1 Å². The lowest BCUT2D eigenvalue weighted by atomic mass is 9.98. The number of carboxylic acids is 1. The number of carbonyl (C=O) groups is 1. The predicted molar refractivity (Wildman–Crippen MR) is 79.8 cm³/mol. The first-order valence-electron chi connectivity index (χ1n) is 7.39. The van der Waals surface area contributed by atoms with E-state index in [0.717, 1.165) is 36.4 Å². The summed E-state index contributed by atoms with van der Waals surface area (Å²) in [6, 6.07) is 5.83. The highest BCUT2D eigenvalue weighted by atomic mass is 16.5. The van der Waals surface area contributed by atoms with Crippen molar-refractivity contribution in [2.75, 3.05) is 26.8 Å². The summed E-state index contributed by atoms with van der Waals surface area (Å²) >= 11 is 0. The van der Waals surface area contributed by atoms with E-state index in [4.69, 9.17) is 9.47 Å². The zero-order chi connectivity index (χ0) is 15.2. The molecule has 1 unspecified atom stereocenters. The normalized spacial score (nSPS) is 19.2. The number of methoxy groups -OCH3 is 1. The molecule has 0 aliphatic carbocycles. The molecule has 0 spiro atoms. The number of hydrogen-bond donors (Lipinski definition) is 1. The third kappa shape index (κ3) is 3.88. The number of benzene rings is 1. The summed E-state index contributed by atoms with van der Waals surface area (Å²) in [5, 5.41) is 9.17. The lowest BCUT2D eigenvalue weighted by Crippen LogP contribution is -2.38. The van der Waals surface area contributed by atoms with Crippen LogP contribution in [-0.2, 0) is 11.3 Å². The van der Waals surface area contributed by atoms with Gasteiger partial charge in [0.1, 0.15) is 0 Å². The van der Waals surface area contributed by atoms with Gasteiger partial charge in [0.05, 0.1) is 19.6 Å². The lowest BCUT2D eigenvalue weighted by molar-refractivity contribution is -0.143. The molecule has 5 heteroatoms. The molecule has 1 aromatic rings. The molecule has 116 valence electrons. The molecule has 21 heavy (non-hydrogen) atoms. The summed E-state index contributed by atoms with van der Waals surface area (Å²) in [5.74, 6) is 0.524. The monoisotopic (exact) mass is 293 g/mol. The van der Waals surface area contributed by atoms with Crippen LogP contribution < -0.4 is 9.47 Å². The number of piperidine rings is 1. The Hall–Kier alpha value is -1.75. The van der Waals surface area contributed by atoms with E-state index >= 15 is 0 Å². The molecule has 0 saturated carbocycles. The van der Waals surface area contributed by atoms with Crippen molar-refractivity contribution in [3.8, 4) is 11.5 Å². The van der Waals surface area contributed by atoms with E-state index < -0.39 is 5.97 Å². The Morgan fingerprint density at radius 2 is 2.29 bits per heavy atom. The van der Waals surface area contributed by atoms with Crippen LogP contribution in [0.5, 0.6) is 11.5 Å². The molecular formula is C16H23NO4. The van der Waals surface area contributed by atoms with Crippen LogP contribution in [-0.4, -0.2) is 42.8 Å². The van der Waals surface area contributed by atoms with Gasteiger partial charge >= 0.3 is 5.97 Å². The summed E-state index contributed by atoms with van der Waals surface area (Å²) in [6.45, 7) is 4.73. The molecule has 1 aliphatic heterocycles. The Kier molecular flexibility index (Phi) is 5.44. The van der Waals surface area contributed by atoms with E-state index in [-0.39, 0.29) is 5.92 Å². The number of likely N-dealkylation sites (tertiary alicyclic amines) is 1. The Balaban J connectivity index is 2.13. The van der Waals surface area contributed by atoms with Crippen LogP contribution >= 0.6 is 0 Å². The molecule has 1 saturated heterocycles. The SMILES string of the molecule is CCOc1c(CN2CCCC(C(=O)O)C2)cccc1OC. The Bertz CT molecular complexity index is 489. The lowest BCUT2D eigenvalue weighted by Gasteiger charge is -2.31. The molecule has 2 rings (SSSR count). The maximum Gasteiger partial charge on any atom is 0.307 e. The number of nitrogens with zero attached hydrogens (tertiary/aromatic N) is 1. The topological polar surface area (TPSA) is 59.0 Å². The Morgan fingerprint density at radius 3 is 2.95 bits per heavy atom. The highest BCUT2D eigenvalue weighted by Crippen LogP contribution is 2.32. The van der Waals surface area contributed by atoms with Crippen LogP contribution in [0.1, 0.15) is 25.3 Å². The maximum absolute atomic E-state index is 11.2. The van der Waals surface area contributed by atoms with Crippen LogP contribution in [0.3, 0.4) is 0 Å². The molecule has 1 fully saturated rings. The number of rotatable bonds is 6. The highest BCUT2D eigenvalue weighted by Gasteiger charge is 2.26. The first kappa shape index (κ1) is 15.6. The average Bonchev–Trinajstić information content (AvgIpc) is 2.49. The van der Waals surface area contributed by atoms with Gasteiger partial charge in [0.25, 0.3) is 0 Å². The second kappa shape index (κ2) is 7.31. The molecule has 5 nitrogen and oxygen atoms in total. The highest BCUT2D eigenvalue weighted by molar-refractivity contribution is 5.70. The van der Waals surface area contributed by atoms with Gasteiger partial charge in [-0.2, -0.15) is 0 Å². The third-order valence-corrected chi connectivity index (χ3v) is 3.82. The minimum Gasteiger partial charge on any atom is -0.493 e. The van der Waals surface area contributed by atoms with Crippen LogP contribution in [0.2, 0.25) is 0 Å². The van der Waals surface area contributed by atoms with E-state index in [1.807, 2.05) is 25.1 Å². The summed E-state index contributed by atoms with van der Waals surface area (Å²) in [5.41, 5.74) is 1.04. The number of carboxylic acid groups (broad SMARTS) is 1. The van der Waals surface area contributed by atoms with Crippen LogP contribution in [0.4, 0.5) is 0 Å². The molecule has 1 aromatic carbocycles. The Labute approximate surface area is 125 Å². The fourth-order valence-electron chi connectivity index (χ4n) is 2.80. The van der Waals surface area contributed by atoms with Crippen molar-refractivity contribution in [2.24, 2.45) is 5.92 Å². The summed E-state index contributed by atoms with van der Waals surface area (Å²) in [6.07, 6.45) is 1.69. The average molecular weight is 293 g/mol. The zero-order valence-corrected chi connectivity index (χ0v) is 12.7. The first-order valence-corrected chi connectivity index (χ1v) is 7.39. The van der Waals surface area contributed by atoms with Crippen molar-refractivity contribution in [3.05, 3.63) is 23.8 Å². The molecule has 1 N–H and O–H groups in total.